The van der Waals surface area contributed by atoms with Crippen molar-refractivity contribution in [3.05, 3.63) is 29.3 Å². The average Bonchev–Trinajstić information content (AvgIpc) is 2.61. The molecule has 0 radical (unpaired) electrons. The normalized spacial score (nSPS) is 41.8. The van der Waals surface area contributed by atoms with Crippen molar-refractivity contribution in [2.75, 3.05) is 0 Å². The number of aromatic hydroxyl groups is 1. The Labute approximate surface area is 127 Å². The van der Waals surface area contributed by atoms with E-state index in [-0.39, 0.29) is 6.10 Å². The second kappa shape index (κ2) is 5.01. The highest BCUT2D eigenvalue weighted by molar-refractivity contribution is 5.40. The zero-order valence-corrected chi connectivity index (χ0v) is 12.8. The quantitative estimate of drug-likeness (QED) is 0.760. The molecule has 2 fully saturated rings. The number of phenols is 1. The summed E-state index contributed by atoms with van der Waals surface area (Å²) in [5.74, 6) is 3.85. The van der Waals surface area contributed by atoms with E-state index in [0.717, 1.165) is 24.7 Å². The molecule has 21 heavy (non-hydrogen) atoms. The third kappa shape index (κ3) is 2.19. The maximum atomic E-state index is 10.2. The van der Waals surface area contributed by atoms with Crippen LogP contribution in [0.25, 0.3) is 0 Å². The Hall–Kier alpha value is -1.02. The maximum Gasteiger partial charge on any atom is 0.115 e. The zero-order chi connectivity index (χ0) is 14.6. The van der Waals surface area contributed by atoms with Gasteiger partial charge in [-0.2, -0.15) is 0 Å². The fraction of sp³-hybridized carbons (Fsp3) is 0.684. The zero-order valence-electron chi connectivity index (χ0n) is 12.8. The molecule has 0 aromatic heterocycles. The summed E-state index contributed by atoms with van der Waals surface area (Å²) in [4.78, 5) is 0. The minimum Gasteiger partial charge on any atom is -0.508 e. The number of phenolic OH excluding ortho intramolecular Hbond substituents is 1. The van der Waals surface area contributed by atoms with Crippen LogP contribution in [0.4, 0.5) is 0 Å². The Morgan fingerprint density at radius 2 is 1.86 bits per heavy atom. The van der Waals surface area contributed by atoms with Gasteiger partial charge in [0.1, 0.15) is 5.75 Å². The highest BCUT2D eigenvalue weighted by Crippen LogP contribution is 2.53. The van der Waals surface area contributed by atoms with Gasteiger partial charge in [-0.05, 0) is 91.4 Å². The van der Waals surface area contributed by atoms with Crippen LogP contribution in [0.3, 0.4) is 0 Å². The van der Waals surface area contributed by atoms with Gasteiger partial charge in [-0.25, -0.2) is 0 Å². The second-order valence-corrected chi connectivity index (χ2v) is 7.73. The van der Waals surface area contributed by atoms with Gasteiger partial charge in [-0.3, -0.25) is 0 Å². The molecule has 1 aromatic rings. The van der Waals surface area contributed by atoms with Crippen LogP contribution in [-0.4, -0.2) is 16.3 Å². The van der Waals surface area contributed by atoms with Gasteiger partial charge in [0.05, 0.1) is 6.10 Å². The van der Waals surface area contributed by atoms with Crippen molar-refractivity contribution in [1.82, 2.24) is 0 Å². The van der Waals surface area contributed by atoms with Gasteiger partial charge >= 0.3 is 0 Å². The van der Waals surface area contributed by atoms with E-state index in [1.807, 2.05) is 12.1 Å². The molecule has 0 saturated heterocycles. The summed E-state index contributed by atoms with van der Waals surface area (Å²) in [5, 5.41) is 20.0. The molecule has 2 saturated carbocycles. The highest BCUT2D eigenvalue weighted by Gasteiger charge is 2.44. The summed E-state index contributed by atoms with van der Waals surface area (Å²) >= 11 is 0. The van der Waals surface area contributed by atoms with Gasteiger partial charge in [0.15, 0.2) is 0 Å². The number of benzene rings is 1. The number of rotatable bonds is 0. The van der Waals surface area contributed by atoms with Gasteiger partial charge in [-0.15, -0.1) is 0 Å². The minimum absolute atomic E-state index is 0.0593. The van der Waals surface area contributed by atoms with Crippen molar-refractivity contribution >= 4 is 0 Å². The number of fused-ring (bicyclic) bond motifs is 6. The summed E-state index contributed by atoms with van der Waals surface area (Å²) in [6.45, 7) is 2.40. The van der Waals surface area contributed by atoms with Crippen molar-refractivity contribution in [3.63, 3.8) is 0 Å². The van der Waals surface area contributed by atoms with Gasteiger partial charge in [-0.1, -0.05) is 13.0 Å². The third-order valence-electron chi connectivity index (χ3n) is 6.57. The summed E-state index contributed by atoms with van der Waals surface area (Å²) in [7, 11) is 0. The molecular formula is C19H26O2. The first-order valence-corrected chi connectivity index (χ1v) is 8.63. The molecule has 2 nitrogen and oxygen atoms in total. The molecule has 3 aliphatic carbocycles. The molecule has 0 aliphatic heterocycles. The molecule has 6 atom stereocenters. The van der Waals surface area contributed by atoms with Crippen molar-refractivity contribution in [2.45, 2.75) is 57.5 Å². The molecule has 0 heterocycles. The van der Waals surface area contributed by atoms with E-state index < -0.39 is 0 Å². The molecule has 2 unspecified atom stereocenters. The summed E-state index contributed by atoms with van der Waals surface area (Å²) in [6.07, 6.45) is 6.88. The molecule has 114 valence electrons. The summed E-state index contributed by atoms with van der Waals surface area (Å²) < 4.78 is 0. The van der Waals surface area contributed by atoms with Crippen LogP contribution in [-0.2, 0) is 6.42 Å². The lowest BCUT2D eigenvalue weighted by atomic mass is 9.62. The fourth-order valence-corrected chi connectivity index (χ4v) is 5.70. The SMILES string of the molecule is C[C@@H]1Cc2cc(O)ccc2C2CC[C@@H]3C[C@@H](CC[C@@H]3O)C21. The fourth-order valence-electron chi connectivity index (χ4n) is 5.70. The molecule has 2 N–H and O–H groups in total. The van der Waals surface area contributed by atoms with Crippen LogP contribution >= 0.6 is 0 Å². The van der Waals surface area contributed by atoms with Crippen LogP contribution in [0.5, 0.6) is 5.75 Å². The lowest BCUT2D eigenvalue weighted by Crippen LogP contribution is -2.36. The summed E-state index contributed by atoms with van der Waals surface area (Å²) in [5.41, 5.74) is 2.85. The molecule has 0 spiro atoms. The van der Waals surface area contributed by atoms with E-state index in [2.05, 4.69) is 13.0 Å². The molecule has 4 rings (SSSR count). The monoisotopic (exact) mass is 286 g/mol. The van der Waals surface area contributed by atoms with Crippen LogP contribution in [0.15, 0.2) is 18.2 Å². The van der Waals surface area contributed by atoms with Crippen LogP contribution in [0.2, 0.25) is 0 Å². The Morgan fingerprint density at radius 3 is 2.71 bits per heavy atom. The predicted molar refractivity (Wildman–Crippen MR) is 83.3 cm³/mol. The maximum absolute atomic E-state index is 10.2. The summed E-state index contributed by atoms with van der Waals surface area (Å²) in [6, 6.07) is 6.01. The first-order valence-electron chi connectivity index (χ1n) is 8.63. The van der Waals surface area contributed by atoms with Crippen molar-refractivity contribution in [3.8, 4) is 5.75 Å². The first-order chi connectivity index (χ1) is 10.1. The lowest BCUT2D eigenvalue weighted by molar-refractivity contribution is 0.0322. The van der Waals surface area contributed by atoms with Gasteiger partial charge in [0.25, 0.3) is 0 Å². The number of hydrogen-bond acceptors (Lipinski definition) is 2. The van der Waals surface area contributed by atoms with Crippen LogP contribution in [0, 0.1) is 23.7 Å². The number of aliphatic hydroxyl groups excluding tert-OH is 1. The Kier molecular flexibility index (Phi) is 3.25. The number of hydrogen-bond donors (Lipinski definition) is 2. The second-order valence-electron chi connectivity index (χ2n) is 7.73. The van der Waals surface area contributed by atoms with Gasteiger partial charge < -0.3 is 10.2 Å². The van der Waals surface area contributed by atoms with E-state index in [1.165, 1.54) is 36.8 Å². The minimum atomic E-state index is -0.0593. The topological polar surface area (TPSA) is 40.5 Å². The van der Waals surface area contributed by atoms with E-state index in [9.17, 15) is 10.2 Å². The van der Waals surface area contributed by atoms with Crippen molar-refractivity contribution < 1.29 is 10.2 Å². The Morgan fingerprint density at radius 1 is 1.05 bits per heavy atom. The largest absolute Gasteiger partial charge is 0.508 e. The molecule has 2 heteroatoms. The smallest absolute Gasteiger partial charge is 0.115 e. The van der Waals surface area contributed by atoms with Crippen molar-refractivity contribution in [2.24, 2.45) is 23.7 Å². The van der Waals surface area contributed by atoms with E-state index in [0.29, 0.717) is 23.5 Å². The Balaban J connectivity index is 1.74. The van der Waals surface area contributed by atoms with Gasteiger partial charge in [0, 0.05) is 0 Å². The molecular weight excluding hydrogens is 260 g/mol. The standard InChI is InChI=1S/C19H26O2/c1-11-8-14-10-15(20)4-6-16(14)17-5-2-12-9-13(19(11)17)3-7-18(12)21/h4,6,10-13,17-21H,2-3,5,7-9H2,1H3/t11-,12-,13-,17?,18+,19?/m1/s1. The molecule has 2 bridgehead atoms. The first kappa shape index (κ1) is 13.6. The number of aliphatic hydroxyl groups is 1. The Bertz CT molecular complexity index is 538. The average molecular weight is 286 g/mol. The van der Waals surface area contributed by atoms with Gasteiger partial charge in [0.2, 0.25) is 0 Å². The predicted octanol–water partition coefficient (Wildman–Crippen LogP) is 3.86. The van der Waals surface area contributed by atoms with E-state index in [1.54, 1.807) is 0 Å². The van der Waals surface area contributed by atoms with Crippen molar-refractivity contribution in [1.29, 1.82) is 0 Å². The molecule has 3 aliphatic rings. The van der Waals surface area contributed by atoms with E-state index >= 15 is 0 Å². The highest BCUT2D eigenvalue weighted by atomic mass is 16.3. The van der Waals surface area contributed by atoms with Crippen LogP contribution in [0.1, 0.15) is 56.1 Å². The third-order valence-corrected chi connectivity index (χ3v) is 6.57. The van der Waals surface area contributed by atoms with Crippen LogP contribution < -0.4 is 0 Å². The molecule has 0 amide bonds. The lowest BCUT2D eigenvalue weighted by Gasteiger charge is -2.43. The molecule has 1 aromatic carbocycles. The van der Waals surface area contributed by atoms with E-state index in [4.69, 9.17) is 0 Å².